The number of anilines is 3. The first kappa shape index (κ1) is 38.0. The molecule has 0 fully saturated rings. The number of hydrogen-bond donors (Lipinski definition) is 0. The molecular formula is C62H45N. The Kier molecular flexibility index (Phi) is 9.71. The monoisotopic (exact) mass is 803 g/mol. The minimum Gasteiger partial charge on any atom is -0.310 e. The van der Waals surface area contributed by atoms with Gasteiger partial charge in [0.15, 0.2) is 0 Å². The van der Waals surface area contributed by atoms with Gasteiger partial charge in [0.1, 0.15) is 0 Å². The first-order valence-electron chi connectivity index (χ1n) is 21.8. The van der Waals surface area contributed by atoms with Crippen LogP contribution in [0.2, 0.25) is 0 Å². The lowest BCUT2D eigenvalue weighted by atomic mass is 9.43. The molecule has 0 saturated heterocycles. The Bertz CT molecular complexity index is 3060. The fraction of sp³-hybridized carbons (Fsp3) is 0.0323. The number of nitrogens with zero attached hydrogens (tertiary/aromatic N) is 1. The molecule has 10 aromatic rings. The summed E-state index contributed by atoms with van der Waals surface area (Å²) in [6, 6.07) is 100. The van der Waals surface area contributed by atoms with E-state index in [0.29, 0.717) is 0 Å². The molecule has 1 aliphatic rings. The molecule has 0 aromatic heterocycles. The summed E-state index contributed by atoms with van der Waals surface area (Å²) in [5, 5.41) is 0. The average molecular weight is 804 g/mol. The summed E-state index contributed by atoms with van der Waals surface area (Å²) in [7, 11) is 0. The lowest BCUT2D eigenvalue weighted by molar-refractivity contribution is 0.415. The van der Waals surface area contributed by atoms with Crippen LogP contribution < -0.4 is 4.90 Å². The van der Waals surface area contributed by atoms with E-state index in [0.717, 1.165) is 22.6 Å². The van der Waals surface area contributed by atoms with Crippen molar-refractivity contribution in [2.24, 2.45) is 0 Å². The van der Waals surface area contributed by atoms with Crippen molar-refractivity contribution in [2.75, 3.05) is 4.90 Å². The molecule has 298 valence electrons. The Balaban J connectivity index is 1.17. The second-order valence-corrected chi connectivity index (χ2v) is 16.4. The van der Waals surface area contributed by atoms with Crippen LogP contribution in [0.15, 0.2) is 273 Å². The maximum atomic E-state index is 2.46. The zero-order valence-corrected chi connectivity index (χ0v) is 34.9. The highest BCUT2D eigenvalue weighted by atomic mass is 15.1. The molecule has 0 bridgehead atoms. The van der Waals surface area contributed by atoms with Crippen LogP contribution in [0.5, 0.6) is 0 Å². The van der Waals surface area contributed by atoms with Crippen molar-refractivity contribution in [1.29, 1.82) is 0 Å². The van der Waals surface area contributed by atoms with Gasteiger partial charge in [-0.05, 0) is 109 Å². The largest absolute Gasteiger partial charge is 0.310 e. The molecule has 0 heterocycles. The smallest absolute Gasteiger partial charge is 0.0635 e. The van der Waals surface area contributed by atoms with Crippen LogP contribution in [-0.4, -0.2) is 0 Å². The molecule has 1 aliphatic carbocycles. The van der Waals surface area contributed by atoms with E-state index in [4.69, 9.17) is 0 Å². The lowest BCUT2D eigenvalue weighted by Gasteiger charge is -2.57. The predicted octanol–water partition coefficient (Wildman–Crippen LogP) is 15.8. The highest BCUT2D eigenvalue weighted by Gasteiger charge is 2.61. The predicted molar refractivity (Wildman–Crippen MR) is 263 cm³/mol. The maximum Gasteiger partial charge on any atom is 0.0635 e. The summed E-state index contributed by atoms with van der Waals surface area (Å²) in [5.41, 5.74) is 16.7. The molecule has 0 atom stereocenters. The minimum absolute atomic E-state index is 0.659. The van der Waals surface area contributed by atoms with Crippen molar-refractivity contribution in [3.05, 3.63) is 306 Å². The second kappa shape index (κ2) is 16.1. The lowest BCUT2D eigenvalue weighted by Crippen LogP contribution is -2.54. The zero-order valence-electron chi connectivity index (χ0n) is 34.9. The van der Waals surface area contributed by atoms with E-state index in [1.54, 1.807) is 0 Å². The van der Waals surface area contributed by atoms with Gasteiger partial charge in [0.05, 0.1) is 10.8 Å². The zero-order chi connectivity index (χ0) is 42.1. The minimum atomic E-state index is -0.684. The van der Waals surface area contributed by atoms with E-state index < -0.39 is 10.8 Å². The first-order valence-corrected chi connectivity index (χ1v) is 21.8. The maximum absolute atomic E-state index is 2.46. The molecule has 11 rings (SSSR count). The third-order valence-corrected chi connectivity index (χ3v) is 13.1. The van der Waals surface area contributed by atoms with Crippen LogP contribution in [0, 0.1) is 0 Å². The summed E-state index contributed by atoms with van der Waals surface area (Å²) >= 11 is 0. The average Bonchev–Trinajstić information content (AvgIpc) is 3.38. The molecular weight excluding hydrogens is 759 g/mol. The summed E-state index contributed by atoms with van der Waals surface area (Å²) < 4.78 is 0. The fourth-order valence-corrected chi connectivity index (χ4v) is 10.6. The van der Waals surface area contributed by atoms with Crippen LogP contribution in [0.1, 0.15) is 33.4 Å². The normalized spacial score (nSPS) is 13.3. The van der Waals surface area contributed by atoms with E-state index >= 15 is 0 Å². The van der Waals surface area contributed by atoms with Gasteiger partial charge in [-0.15, -0.1) is 0 Å². The molecule has 1 heteroatoms. The van der Waals surface area contributed by atoms with Gasteiger partial charge in [-0.25, -0.2) is 0 Å². The fourth-order valence-electron chi connectivity index (χ4n) is 10.6. The van der Waals surface area contributed by atoms with Gasteiger partial charge < -0.3 is 4.90 Å². The van der Waals surface area contributed by atoms with Gasteiger partial charge in [-0.3, -0.25) is 0 Å². The Hall–Kier alpha value is -8.00. The molecule has 63 heavy (non-hydrogen) atoms. The molecule has 0 N–H and O–H groups in total. The summed E-state index contributed by atoms with van der Waals surface area (Å²) in [6.45, 7) is 0. The molecule has 0 aliphatic heterocycles. The second-order valence-electron chi connectivity index (χ2n) is 16.4. The van der Waals surface area contributed by atoms with Crippen molar-refractivity contribution in [3.8, 4) is 33.4 Å². The molecule has 0 radical (unpaired) electrons. The molecule has 1 nitrogen and oxygen atoms in total. The van der Waals surface area contributed by atoms with Crippen molar-refractivity contribution >= 4 is 17.1 Å². The van der Waals surface area contributed by atoms with Crippen LogP contribution in [0.25, 0.3) is 33.4 Å². The van der Waals surface area contributed by atoms with Crippen LogP contribution in [-0.2, 0) is 10.8 Å². The Morgan fingerprint density at radius 3 is 1.06 bits per heavy atom. The molecule has 0 unspecified atom stereocenters. The van der Waals surface area contributed by atoms with E-state index in [9.17, 15) is 0 Å². The Morgan fingerprint density at radius 1 is 0.222 bits per heavy atom. The number of fused-ring (bicyclic) bond motifs is 3. The Morgan fingerprint density at radius 2 is 0.571 bits per heavy atom. The van der Waals surface area contributed by atoms with Crippen LogP contribution >= 0.6 is 0 Å². The number of para-hydroxylation sites is 1. The third-order valence-electron chi connectivity index (χ3n) is 13.1. The molecule has 10 aromatic carbocycles. The number of benzene rings is 10. The summed E-state index contributed by atoms with van der Waals surface area (Å²) in [4.78, 5) is 2.37. The topological polar surface area (TPSA) is 3.24 Å². The van der Waals surface area contributed by atoms with Crippen molar-refractivity contribution in [3.63, 3.8) is 0 Å². The van der Waals surface area contributed by atoms with E-state index in [1.165, 1.54) is 61.2 Å². The van der Waals surface area contributed by atoms with E-state index in [2.05, 4.69) is 278 Å². The van der Waals surface area contributed by atoms with Crippen LogP contribution in [0.3, 0.4) is 0 Å². The highest BCUT2D eigenvalue weighted by Crippen LogP contribution is 2.65. The van der Waals surface area contributed by atoms with E-state index in [1.807, 2.05) is 0 Å². The highest BCUT2D eigenvalue weighted by molar-refractivity contribution is 5.89. The van der Waals surface area contributed by atoms with Gasteiger partial charge in [-0.2, -0.15) is 0 Å². The van der Waals surface area contributed by atoms with Gasteiger partial charge in [0.2, 0.25) is 0 Å². The molecule has 0 saturated carbocycles. The van der Waals surface area contributed by atoms with Gasteiger partial charge in [0, 0.05) is 17.1 Å². The Labute approximate surface area is 370 Å². The first-order chi connectivity index (χ1) is 31.3. The number of hydrogen-bond acceptors (Lipinski definition) is 1. The third kappa shape index (κ3) is 6.24. The van der Waals surface area contributed by atoms with Crippen LogP contribution in [0.4, 0.5) is 17.1 Å². The van der Waals surface area contributed by atoms with Crippen molar-refractivity contribution < 1.29 is 0 Å². The van der Waals surface area contributed by atoms with Crippen molar-refractivity contribution in [2.45, 2.75) is 10.8 Å². The van der Waals surface area contributed by atoms with Crippen molar-refractivity contribution in [1.82, 2.24) is 0 Å². The summed E-state index contributed by atoms with van der Waals surface area (Å²) in [5.74, 6) is 0. The molecule has 0 spiro atoms. The van der Waals surface area contributed by atoms with Gasteiger partial charge in [-0.1, -0.05) is 231 Å². The van der Waals surface area contributed by atoms with Gasteiger partial charge >= 0.3 is 0 Å². The standard InChI is InChI=1S/C62H45N/c1-7-23-46(24-8-1)47-25-21-37-55(43-47)63(54-35-17-6-18-36-54)56-38-22-26-48(44-56)49-41-42-60-58(45-49)57-39-19-20-40-59(57)61(50-27-9-2-10-28-50,51-29-11-3-12-30-51)62(60,52-31-13-4-14-32-52)53-33-15-5-16-34-53/h1-45H. The molecule has 0 amide bonds. The quantitative estimate of drug-likeness (QED) is 0.140. The SMILES string of the molecule is c1ccc(-c2cccc(N(c3ccccc3)c3cccc(-c4ccc5c(c4)-c4ccccc4C(c4ccccc4)(c4ccccc4)C5(c4ccccc4)c4ccccc4)c3)c2)cc1. The van der Waals surface area contributed by atoms with E-state index in [-0.39, 0.29) is 0 Å². The van der Waals surface area contributed by atoms with Gasteiger partial charge in [0.25, 0.3) is 0 Å². The summed E-state index contributed by atoms with van der Waals surface area (Å²) in [6.07, 6.45) is 0. The number of rotatable bonds is 9.